The predicted molar refractivity (Wildman–Crippen MR) is 79.6 cm³/mol. The van der Waals surface area contributed by atoms with Crippen molar-refractivity contribution in [2.75, 3.05) is 11.1 Å². The number of fused-ring (bicyclic) bond motifs is 1. The number of hydrogen-bond acceptors (Lipinski definition) is 7. The van der Waals surface area contributed by atoms with Crippen LogP contribution in [-0.4, -0.2) is 24.7 Å². The summed E-state index contributed by atoms with van der Waals surface area (Å²) in [7, 11) is 1.83. The van der Waals surface area contributed by atoms with Crippen molar-refractivity contribution >= 4 is 34.1 Å². The van der Waals surface area contributed by atoms with E-state index < -0.39 is 0 Å². The maximum absolute atomic E-state index is 5.92. The summed E-state index contributed by atoms with van der Waals surface area (Å²) in [5, 5.41) is 9.15. The lowest BCUT2D eigenvalue weighted by molar-refractivity contribution is 0.785. The molecule has 0 aliphatic heterocycles. The third-order valence-corrected chi connectivity index (χ3v) is 4.10. The normalized spacial score (nSPS) is 11.2. The largest absolute Gasteiger partial charge is 0.383 e. The van der Waals surface area contributed by atoms with Crippen LogP contribution in [0.2, 0.25) is 0 Å². The minimum Gasteiger partial charge on any atom is -0.383 e. The van der Waals surface area contributed by atoms with Crippen LogP contribution in [0.5, 0.6) is 0 Å². The first kappa shape index (κ1) is 12.8. The van der Waals surface area contributed by atoms with Crippen molar-refractivity contribution in [3.8, 4) is 0 Å². The Bertz CT molecular complexity index is 774. The van der Waals surface area contributed by atoms with Crippen LogP contribution in [0.15, 0.2) is 6.20 Å². The highest BCUT2D eigenvalue weighted by atomic mass is 32.1. The zero-order valence-corrected chi connectivity index (χ0v) is 12.3. The van der Waals surface area contributed by atoms with Crippen LogP contribution in [0.25, 0.3) is 11.0 Å². The number of rotatable bonds is 3. The molecule has 0 unspecified atom stereocenters. The molecule has 0 bridgehead atoms. The van der Waals surface area contributed by atoms with Crippen molar-refractivity contribution < 1.29 is 0 Å². The Kier molecular flexibility index (Phi) is 3.01. The Labute approximate surface area is 119 Å². The number of hydrogen-bond donors (Lipinski definition) is 2. The van der Waals surface area contributed by atoms with Gasteiger partial charge in [0, 0.05) is 11.9 Å². The van der Waals surface area contributed by atoms with Gasteiger partial charge in [-0.25, -0.2) is 4.98 Å². The summed E-state index contributed by atoms with van der Waals surface area (Å²) in [5.41, 5.74) is 7.68. The Morgan fingerprint density at radius 1 is 1.30 bits per heavy atom. The number of anilines is 2. The lowest BCUT2D eigenvalue weighted by Crippen LogP contribution is -2.06. The van der Waals surface area contributed by atoms with Gasteiger partial charge >= 0.3 is 0 Å². The quantitative estimate of drug-likeness (QED) is 0.761. The van der Waals surface area contributed by atoms with Gasteiger partial charge in [0.05, 0.1) is 28.8 Å². The number of nitrogens with two attached hydrogens (primary N) is 1. The molecule has 0 saturated heterocycles. The van der Waals surface area contributed by atoms with Gasteiger partial charge < -0.3 is 11.1 Å². The molecule has 0 spiro atoms. The first-order valence-corrected chi connectivity index (χ1v) is 6.98. The second kappa shape index (κ2) is 4.71. The third kappa shape index (κ3) is 2.18. The monoisotopic (exact) mass is 289 g/mol. The van der Waals surface area contributed by atoms with Crippen LogP contribution < -0.4 is 11.1 Å². The summed E-state index contributed by atoms with van der Waals surface area (Å²) < 4.78 is 1.68. The maximum atomic E-state index is 5.92. The van der Waals surface area contributed by atoms with Crippen molar-refractivity contribution in [3.05, 3.63) is 21.8 Å². The molecule has 0 amide bonds. The Balaban J connectivity index is 1.87. The Hall–Kier alpha value is -2.22. The van der Waals surface area contributed by atoms with Gasteiger partial charge in [0.15, 0.2) is 5.65 Å². The van der Waals surface area contributed by atoms with E-state index in [2.05, 4.69) is 25.4 Å². The van der Waals surface area contributed by atoms with Crippen LogP contribution in [0.4, 0.5) is 11.8 Å². The minimum atomic E-state index is 0.433. The van der Waals surface area contributed by atoms with Gasteiger partial charge in [0.2, 0.25) is 5.95 Å². The van der Waals surface area contributed by atoms with Crippen molar-refractivity contribution in [2.24, 2.45) is 7.05 Å². The molecule has 0 saturated carbocycles. The fourth-order valence-electron chi connectivity index (χ4n) is 2.02. The molecule has 3 rings (SSSR count). The van der Waals surface area contributed by atoms with E-state index in [9.17, 15) is 0 Å². The van der Waals surface area contributed by atoms with Crippen LogP contribution in [-0.2, 0) is 13.6 Å². The molecule has 8 heteroatoms. The van der Waals surface area contributed by atoms with Crippen LogP contribution in [0.3, 0.4) is 0 Å². The number of aryl methyl sites for hydroxylation is 3. The van der Waals surface area contributed by atoms with E-state index in [1.54, 1.807) is 22.2 Å². The number of nitrogens with zero attached hydrogens (tertiary/aromatic N) is 5. The summed E-state index contributed by atoms with van der Waals surface area (Å²) in [6.45, 7) is 4.64. The first-order chi connectivity index (χ1) is 9.54. The minimum absolute atomic E-state index is 0.433. The smallest absolute Gasteiger partial charge is 0.227 e. The van der Waals surface area contributed by atoms with E-state index in [1.807, 2.05) is 20.9 Å². The summed E-state index contributed by atoms with van der Waals surface area (Å²) in [5.74, 6) is 0.937. The first-order valence-electron chi connectivity index (χ1n) is 6.16. The molecule has 0 aromatic carbocycles. The van der Waals surface area contributed by atoms with Gasteiger partial charge in [0.1, 0.15) is 5.82 Å². The van der Waals surface area contributed by atoms with Crippen molar-refractivity contribution in [2.45, 2.75) is 20.4 Å². The molecule has 7 nitrogen and oxygen atoms in total. The van der Waals surface area contributed by atoms with E-state index in [1.165, 1.54) is 4.88 Å². The van der Waals surface area contributed by atoms with Crippen molar-refractivity contribution in [1.82, 2.24) is 24.7 Å². The van der Waals surface area contributed by atoms with E-state index >= 15 is 0 Å². The molecule has 3 aromatic rings. The lowest BCUT2D eigenvalue weighted by atomic mass is 10.4. The van der Waals surface area contributed by atoms with Gasteiger partial charge in [-0.2, -0.15) is 15.1 Å². The molecule has 0 radical (unpaired) electrons. The van der Waals surface area contributed by atoms with E-state index in [0.29, 0.717) is 18.3 Å². The highest BCUT2D eigenvalue weighted by Crippen LogP contribution is 2.21. The molecule has 20 heavy (non-hydrogen) atoms. The average molecular weight is 289 g/mol. The molecule has 3 aromatic heterocycles. The molecule has 0 aliphatic rings. The summed E-state index contributed by atoms with van der Waals surface area (Å²) in [6.07, 6.45) is 1.67. The topological polar surface area (TPSA) is 94.5 Å². The number of nitrogen functional groups attached to an aromatic ring is 1. The second-order valence-corrected chi connectivity index (χ2v) is 5.82. The van der Waals surface area contributed by atoms with Crippen LogP contribution in [0, 0.1) is 13.8 Å². The Morgan fingerprint density at radius 2 is 2.10 bits per heavy atom. The third-order valence-electron chi connectivity index (χ3n) is 3.03. The lowest BCUT2D eigenvalue weighted by Gasteiger charge is -2.05. The highest BCUT2D eigenvalue weighted by Gasteiger charge is 2.10. The molecule has 3 heterocycles. The second-order valence-electron chi connectivity index (χ2n) is 4.53. The van der Waals surface area contributed by atoms with Gasteiger partial charge in [0.25, 0.3) is 0 Å². The van der Waals surface area contributed by atoms with Gasteiger partial charge in [-0.3, -0.25) is 4.68 Å². The molecule has 0 atom stereocenters. The number of nitrogens with one attached hydrogen (secondary N) is 1. The fraction of sp³-hybridized carbons (Fsp3) is 0.333. The standard InChI is InChI=1S/C12H15N7S/c1-6-9(20-7(2)16-6)5-14-12-17-10(13)8-4-15-19(3)11(8)18-12/h4H,5H2,1-3H3,(H3,13,14,17,18). The van der Waals surface area contributed by atoms with E-state index in [4.69, 9.17) is 5.73 Å². The van der Waals surface area contributed by atoms with E-state index in [0.717, 1.165) is 21.7 Å². The van der Waals surface area contributed by atoms with Gasteiger partial charge in [-0.15, -0.1) is 11.3 Å². The summed E-state index contributed by atoms with van der Waals surface area (Å²) >= 11 is 1.67. The van der Waals surface area contributed by atoms with Gasteiger partial charge in [-0.1, -0.05) is 0 Å². The van der Waals surface area contributed by atoms with E-state index in [-0.39, 0.29) is 0 Å². The van der Waals surface area contributed by atoms with Gasteiger partial charge in [-0.05, 0) is 13.8 Å². The number of aromatic nitrogens is 5. The summed E-state index contributed by atoms with van der Waals surface area (Å²) in [6, 6.07) is 0. The molecule has 104 valence electrons. The molecular formula is C12H15N7S. The van der Waals surface area contributed by atoms with Crippen LogP contribution in [0.1, 0.15) is 15.6 Å². The molecule has 0 fully saturated rings. The number of thiazole rings is 1. The van der Waals surface area contributed by atoms with Crippen molar-refractivity contribution in [3.63, 3.8) is 0 Å². The summed E-state index contributed by atoms with van der Waals surface area (Å²) in [4.78, 5) is 14.3. The van der Waals surface area contributed by atoms with Crippen LogP contribution >= 0.6 is 11.3 Å². The fourth-order valence-corrected chi connectivity index (χ4v) is 2.90. The van der Waals surface area contributed by atoms with Crippen molar-refractivity contribution in [1.29, 1.82) is 0 Å². The maximum Gasteiger partial charge on any atom is 0.227 e. The molecular weight excluding hydrogens is 274 g/mol. The Morgan fingerprint density at radius 3 is 2.80 bits per heavy atom. The average Bonchev–Trinajstić information content (AvgIpc) is 2.91. The predicted octanol–water partition coefficient (Wildman–Crippen LogP) is 1.63. The zero-order valence-electron chi connectivity index (χ0n) is 11.5. The molecule has 0 aliphatic carbocycles. The zero-order chi connectivity index (χ0) is 14.3. The highest BCUT2D eigenvalue weighted by molar-refractivity contribution is 7.11. The SMILES string of the molecule is Cc1nc(C)c(CNc2nc(N)c3cnn(C)c3n2)s1. The molecule has 3 N–H and O–H groups in total.